The molecule has 0 aliphatic carbocycles. The average Bonchev–Trinajstić information content (AvgIpc) is 3.13. The number of fused-ring (bicyclic) bond motifs is 3. The minimum Gasteiger partial charge on any atom is -0.349 e. The minimum atomic E-state index is 0.0714. The van der Waals surface area contributed by atoms with Crippen LogP contribution in [0.4, 0.5) is 0 Å². The molecule has 2 aromatic carbocycles. The van der Waals surface area contributed by atoms with Crippen molar-refractivity contribution in [2.24, 2.45) is 7.05 Å². The number of rotatable bonds is 3. The maximum absolute atomic E-state index is 13.8. The van der Waals surface area contributed by atoms with Crippen LogP contribution in [0.1, 0.15) is 47.2 Å². The Bertz CT molecular complexity index is 1100. The van der Waals surface area contributed by atoms with Crippen LogP contribution < -0.4 is 5.32 Å². The molecule has 3 aromatic rings. The van der Waals surface area contributed by atoms with E-state index in [0.717, 1.165) is 40.6 Å². The zero-order valence-corrected chi connectivity index (χ0v) is 18.4. The van der Waals surface area contributed by atoms with Crippen LogP contribution in [0.15, 0.2) is 42.5 Å². The summed E-state index contributed by atoms with van der Waals surface area (Å²) in [7, 11) is 4.32. The molecule has 1 N–H and O–H groups in total. The van der Waals surface area contributed by atoms with E-state index in [1.54, 1.807) is 0 Å². The monoisotopic (exact) mass is 401 g/mol. The fourth-order valence-corrected chi connectivity index (χ4v) is 5.75. The highest BCUT2D eigenvalue weighted by atomic mass is 16.1. The number of benzene rings is 2. The summed E-state index contributed by atoms with van der Waals surface area (Å²) in [6.07, 6.45) is 4.63. The molecular weight excluding hydrogens is 370 g/mol. The number of carbonyl (C=O) groups excluding carboxylic acids is 1. The number of amides is 1. The van der Waals surface area contributed by atoms with Crippen molar-refractivity contribution >= 4 is 16.8 Å². The Morgan fingerprint density at radius 3 is 2.30 bits per heavy atom. The third kappa shape index (κ3) is 2.97. The van der Waals surface area contributed by atoms with Gasteiger partial charge >= 0.3 is 0 Å². The fourth-order valence-electron chi connectivity index (χ4n) is 5.75. The van der Waals surface area contributed by atoms with Crippen LogP contribution in [0, 0.1) is 13.8 Å². The first-order valence-corrected chi connectivity index (χ1v) is 11.1. The van der Waals surface area contributed by atoms with Crippen LogP contribution in [0.2, 0.25) is 0 Å². The van der Waals surface area contributed by atoms with Crippen LogP contribution in [-0.2, 0) is 7.05 Å². The highest BCUT2D eigenvalue weighted by molar-refractivity contribution is 6.14. The summed E-state index contributed by atoms with van der Waals surface area (Å²) < 4.78 is 2.18. The van der Waals surface area contributed by atoms with E-state index >= 15 is 0 Å². The van der Waals surface area contributed by atoms with E-state index in [0.29, 0.717) is 12.1 Å². The van der Waals surface area contributed by atoms with E-state index in [4.69, 9.17) is 0 Å². The summed E-state index contributed by atoms with van der Waals surface area (Å²) in [5.41, 5.74) is 6.45. The molecule has 0 saturated carbocycles. The number of hydrogen-bond acceptors (Lipinski definition) is 2. The largest absolute Gasteiger partial charge is 0.349 e. The molecule has 2 fully saturated rings. The summed E-state index contributed by atoms with van der Waals surface area (Å²) in [4.78, 5) is 16.3. The summed E-state index contributed by atoms with van der Waals surface area (Å²) in [6.45, 7) is 4.26. The van der Waals surface area contributed by atoms with Crippen LogP contribution in [0.25, 0.3) is 22.2 Å². The van der Waals surface area contributed by atoms with Crippen molar-refractivity contribution in [3.63, 3.8) is 0 Å². The number of hydrogen-bond donors (Lipinski definition) is 1. The van der Waals surface area contributed by atoms with Gasteiger partial charge in [0.15, 0.2) is 0 Å². The van der Waals surface area contributed by atoms with Gasteiger partial charge in [0.25, 0.3) is 5.91 Å². The number of aromatic nitrogens is 1. The molecule has 4 heteroatoms. The molecule has 1 aromatic heterocycles. The Morgan fingerprint density at radius 2 is 1.63 bits per heavy atom. The van der Waals surface area contributed by atoms with E-state index in [1.807, 2.05) is 18.2 Å². The predicted octanol–water partition coefficient (Wildman–Crippen LogP) is 4.82. The molecule has 0 radical (unpaired) electrons. The zero-order valence-electron chi connectivity index (χ0n) is 18.4. The summed E-state index contributed by atoms with van der Waals surface area (Å²) in [5.74, 6) is 0.0714. The fraction of sp³-hybridized carbons (Fsp3) is 0.423. The number of carbonyl (C=O) groups is 1. The molecule has 2 saturated heterocycles. The first-order valence-electron chi connectivity index (χ1n) is 11.1. The van der Waals surface area contributed by atoms with Crippen molar-refractivity contribution in [3.05, 3.63) is 59.2 Å². The Labute approximate surface area is 178 Å². The van der Waals surface area contributed by atoms with Gasteiger partial charge < -0.3 is 14.8 Å². The van der Waals surface area contributed by atoms with E-state index in [9.17, 15) is 4.79 Å². The molecular formula is C26H31N3O. The van der Waals surface area contributed by atoms with Crippen LogP contribution in [0.3, 0.4) is 0 Å². The molecule has 2 unspecified atom stereocenters. The maximum atomic E-state index is 13.8. The number of piperidine rings is 1. The quantitative estimate of drug-likeness (QED) is 0.683. The van der Waals surface area contributed by atoms with Gasteiger partial charge in [-0.1, -0.05) is 36.4 Å². The Morgan fingerprint density at radius 1 is 0.967 bits per heavy atom. The lowest BCUT2D eigenvalue weighted by molar-refractivity contribution is 0.0884. The lowest BCUT2D eigenvalue weighted by Gasteiger charge is -2.36. The lowest BCUT2D eigenvalue weighted by atomic mass is 9.96. The standard InChI is InChI=1S/C26H31N3O/c1-16-10-13-22-23(17(16)2)24(25(29(22)4)18-8-6-5-7-9-18)26(30)27-19-14-20-11-12-21(15-19)28(20)3/h5-10,13,19-21H,11-12,14-15H2,1-4H3,(H,27,30). The van der Waals surface area contributed by atoms with Gasteiger partial charge in [0.05, 0.1) is 11.3 Å². The second kappa shape index (κ2) is 7.28. The van der Waals surface area contributed by atoms with Gasteiger partial charge in [-0.3, -0.25) is 4.79 Å². The first kappa shape index (κ1) is 19.4. The second-order valence-electron chi connectivity index (χ2n) is 9.24. The Hall–Kier alpha value is -2.59. The van der Waals surface area contributed by atoms with Crippen molar-refractivity contribution in [2.75, 3.05) is 7.05 Å². The normalized spacial score (nSPS) is 23.8. The number of nitrogens with zero attached hydrogens (tertiary/aromatic N) is 2. The highest BCUT2D eigenvalue weighted by Gasteiger charge is 2.39. The van der Waals surface area contributed by atoms with Crippen molar-refractivity contribution in [1.82, 2.24) is 14.8 Å². The highest BCUT2D eigenvalue weighted by Crippen LogP contribution is 2.37. The van der Waals surface area contributed by atoms with Gasteiger partial charge in [0.2, 0.25) is 0 Å². The van der Waals surface area contributed by atoms with Crippen molar-refractivity contribution in [3.8, 4) is 11.3 Å². The third-order valence-corrected chi connectivity index (χ3v) is 7.61. The van der Waals surface area contributed by atoms with Crippen molar-refractivity contribution < 1.29 is 4.79 Å². The van der Waals surface area contributed by atoms with Crippen molar-refractivity contribution in [2.45, 2.75) is 57.7 Å². The molecule has 4 nitrogen and oxygen atoms in total. The molecule has 2 aliphatic rings. The topological polar surface area (TPSA) is 37.3 Å². The Kier molecular flexibility index (Phi) is 4.70. The van der Waals surface area contributed by atoms with E-state index in [1.165, 1.54) is 24.0 Å². The van der Waals surface area contributed by atoms with Crippen LogP contribution >= 0.6 is 0 Å². The van der Waals surface area contributed by atoms with E-state index in [-0.39, 0.29) is 11.9 Å². The second-order valence-corrected chi connectivity index (χ2v) is 9.24. The van der Waals surface area contributed by atoms with Crippen LogP contribution in [-0.4, -0.2) is 40.5 Å². The van der Waals surface area contributed by atoms with Gasteiger partial charge in [0, 0.05) is 36.1 Å². The summed E-state index contributed by atoms with van der Waals surface area (Å²) in [5, 5.41) is 4.53. The zero-order chi connectivity index (χ0) is 21.0. The minimum absolute atomic E-state index is 0.0714. The molecule has 0 spiro atoms. The van der Waals surface area contributed by atoms with Gasteiger partial charge in [-0.25, -0.2) is 0 Å². The van der Waals surface area contributed by atoms with Crippen LogP contribution in [0.5, 0.6) is 0 Å². The summed E-state index contributed by atoms with van der Waals surface area (Å²) >= 11 is 0. The van der Waals surface area contributed by atoms with Crippen molar-refractivity contribution in [1.29, 1.82) is 0 Å². The first-order chi connectivity index (χ1) is 14.5. The molecule has 1 amide bonds. The molecule has 30 heavy (non-hydrogen) atoms. The molecule has 2 bridgehead atoms. The molecule has 2 aliphatic heterocycles. The van der Waals surface area contributed by atoms with Gasteiger partial charge in [-0.2, -0.15) is 0 Å². The average molecular weight is 402 g/mol. The smallest absolute Gasteiger partial charge is 0.254 e. The summed E-state index contributed by atoms with van der Waals surface area (Å²) in [6, 6.07) is 16.1. The third-order valence-electron chi connectivity index (χ3n) is 7.61. The van der Waals surface area contributed by atoms with Gasteiger partial charge in [0.1, 0.15) is 0 Å². The number of aryl methyl sites for hydroxylation is 3. The maximum Gasteiger partial charge on any atom is 0.254 e. The molecule has 156 valence electrons. The molecule has 3 heterocycles. The SMILES string of the molecule is Cc1ccc2c(c1C)c(C(=O)NC1CC3CCC(C1)N3C)c(-c1ccccc1)n2C. The van der Waals surface area contributed by atoms with E-state index < -0.39 is 0 Å². The van der Waals surface area contributed by atoms with Gasteiger partial charge in [-0.15, -0.1) is 0 Å². The predicted molar refractivity (Wildman–Crippen MR) is 123 cm³/mol. The number of nitrogens with one attached hydrogen (secondary N) is 1. The van der Waals surface area contributed by atoms with Gasteiger partial charge in [-0.05, 0) is 69.3 Å². The molecule has 2 atom stereocenters. The molecule has 5 rings (SSSR count). The Balaban J connectivity index is 1.60. The van der Waals surface area contributed by atoms with E-state index in [2.05, 4.69) is 67.0 Å². The lowest BCUT2D eigenvalue weighted by Crippen LogP contribution is -2.48.